The smallest absolute Gasteiger partial charge is 0.180 e. The summed E-state index contributed by atoms with van der Waals surface area (Å²) in [6.45, 7) is 1.23. The van der Waals surface area contributed by atoms with Crippen LogP contribution in [0.1, 0.15) is 0 Å². The fraction of sp³-hybridized carbons (Fsp3) is 0.500. The Labute approximate surface area is 74.8 Å². The molecule has 1 saturated heterocycles. The highest BCUT2D eigenvalue weighted by Gasteiger charge is 2.17. The molecule has 0 spiro atoms. The average molecular weight is 193 g/mol. The first kappa shape index (κ1) is 8.90. The van der Waals surface area contributed by atoms with Crippen LogP contribution in [0.2, 0.25) is 0 Å². The zero-order chi connectivity index (χ0) is 8.10. The number of hydrogen-bond acceptors (Lipinski definition) is 3. The Morgan fingerprint density at radius 1 is 1.82 bits per heavy atom. The van der Waals surface area contributed by atoms with E-state index in [2.05, 4.69) is 0 Å². The first-order valence-electron chi connectivity index (χ1n) is 3.21. The molecule has 0 amide bonds. The van der Waals surface area contributed by atoms with E-state index in [0.717, 1.165) is 12.3 Å². The fourth-order valence-corrected chi connectivity index (χ4v) is 1.50. The minimum Gasteiger partial charge on any atom is -0.277 e. The summed E-state index contributed by atoms with van der Waals surface area (Å²) in [4.78, 5) is 5.17. The lowest BCUT2D eigenvalue weighted by Crippen LogP contribution is -2.23. The number of rotatable bonds is 3. The Morgan fingerprint density at radius 2 is 2.64 bits per heavy atom. The van der Waals surface area contributed by atoms with E-state index in [4.69, 9.17) is 21.8 Å². The van der Waals surface area contributed by atoms with E-state index >= 15 is 0 Å². The number of amidine groups is 1. The molecular formula is C6H9ClN2OS. The maximum absolute atomic E-state index is 7.35. The van der Waals surface area contributed by atoms with E-state index in [1.807, 2.05) is 0 Å². The van der Waals surface area contributed by atoms with Crippen LogP contribution in [0, 0.1) is 5.41 Å². The SMILES string of the molecule is N=C1SCCN1OC/C=C/Cl. The quantitative estimate of drug-likeness (QED) is 0.739. The van der Waals surface area contributed by atoms with Crippen LogP contribution in [0.5, 0.6) is 0 Å². The van der Waals surface area contributed by atoms with Gasteiger partial charge in [0.25, 0.3) is 0 Å². The van der Waals surface area contributed by atoms with Gasteiger partial charge in [0, 0.05) is 11.3 Å². The molecule has 0 bridgehead atoms. The minimum absolute atomic E-state index is 0.437. The zero-order valence-corrected chi connectivity index (χ0v) is 7.49. The van der Waals surface area contributed by atoms with Gasteiger partial charge in [0.1, 0.15) is 0 Å². The highest BCUT2D eigenvalue weighted by atomic mass is 35.5. The Hall–Kier alpha value is -0.190. The van der Waals surface area contributed by atoms with Crippen LogP contribution >= 0.6 is 23.4 Å². The van der Waals surface area contributed by atoms with Crippen LogP contribution in [-0.4, -0.2) is 29.1 Å². The lowest BCUT2D eigenvalue weighted by molar-refractivity contribution is -0.0756. The molecule has 0 saturated carbocycles. The molecule has 1 rings (SSSR count). The van der Waals surface area contributed by atoms with E-state index < -0.39 is 0 Å². The predicted octanol–water partition coefficient (Wildman–Crippen LogP) is 1.65. The summed E-state index contributed by atoms with van der Waals surface area (Å²) >= 11 is 6.78. The molecule has 0 radical (unpaired) electrons. The molecule has 62 valence electrons. The minimum atomic E-state index is 0.437. The molecule has 1 aliphatic rings. The second-order valence-corrected chi connectivity index (χ2v) is 3.25. The molecule has 11 heavy (non-hydrogen) atoms. The van der Waals surface area contributed by atoms with Crippen molar-refractivity contribution in [3.63, 3.8) is 0 Å². The van der Waals surface area contributed by atoms with Crippen molar-refractivity contribution < 1.29 is 4.84 Å². The van der Waals surface area contributed by atoms with Crippen molar-refractivity contribution in [2.24, 2.45) is 0 Å². The van der Waals surface area contributed by atoms with Gasteiger partial charge in [0.05, 0.1) is 13.2 Å². The van der Waals surface area contributed by atoms with Crippen molar-refractivity contribution in [3.05, 3.63) is 11.6 Å². The summed E-state index contributed by atoms with van der Waals surface area (Å²) in [6.07, 6.45) is 1.69. The number of thioether (sulfide) groups is 1. The Morgan fingerprint density at radius 3 is 3.18 bits per heavy atom. The van der Waals surface area contributed by atoms with E-state index in [9.17, 15) is 0 Å². The molecule has 0 aromatic carbocycles. The number of halogens is 1. The summed E-state index contributed by atoms with van der Waals surface area (Å²) in [6, 6.07) is 0. The molecule has 1 N–H and O–H groups in total. The molecule has 0 aromatic heterocycles. The van der Waals surface area contributed by atoms with Crippen LogP contribution in [0.3, 0.4) is 0 Å². The Kier molecular flexibility index (Phi) is 3.76. The third kappa shape index (κ3) is 2.73. The van der Waals surface area contributed by atoms with Gasteiger partial charge in [0.15, 0.2) is 5.17 Å². The maximum atomic E-state index is 7.35. The molecule has 1 heterocycles. The molecule has 1 aliphatic heterocycles. The number of nitrogens with zero attached hydrogens (tertiary/aromatic N) is 1. The molecular weight excluding hydrogens is 184 g/mol. The largest absolute Gasteiger partial charge is 0.277 e. The lowest BCUT2D eigenvalue weighted by atomic mass is 10.7. The van der Waals surface area contributed by atoms with Crippen LogP contribution in [-0.2, 0) is 4.84 Å². The van der Waals surface area contributed by atoms with Gasteiger partial charge in [-0.3, -0.25) is 10.2 Å². The molecule has 0 aromatic rings. The van der Waals surface area contributed by atoms with Gasteiger partial charge in [-0.1, -0.05) is 23.4 Å². The summed E-state index contributed by atoms with van der Waals surface area (Å²) in [5, 5.41) is 9.40. The molecule has 5 heteroatoms. The molecule has 0 unspecified atom stereocenters. The van der Waals surface area contributed by atoms with Crippen molar-refractivity contribution in [1.82, 2.24) is 5.06 Å². The fourth-order valence-electron chi connectivity index (χ4n) is 0.691. The third-order valence-corrected chi connectivity index (χ3v) is 2.22. The van der Waals surface area contributed by atoms with E-state index in [1.54, 1.807) is 11.1 Å². The Bertz CT molecular complexity index is 174. The van der Waals surface area contributed by atoms with Crippen molar-refractivity contribution >= 4 is 28.5 Å². The van der Waals surface area contributed by atoms with Crippen LogP contribution in [0.15, 0.2) is 11.6 Å². The maximum Gasteiger partial charge on any atom is 0.180 e. The van der Waals surface area contributed by atoms with Gasteiger partial charge in [0.2, 0.25) is 0 Å². The van der Waals surface area contributed by atoms with E-state index in [0.29, 0.717) is 11.8 Å². The molecule has 3 nitrogen and oxygen atoms in total. The summed E-state index contributed by atoms with van der Waals surface area (Å²) in [7, 11) is 0. The topological polar surface area (TPSA) is 36.3 Å². The van der Waals surface area contributed by atoms with Gasteiger partial charge in [-0.05, 0) is 6.08 Å². The highest BCUT2D eigenvalue weighted by molar-refractivity contribution is 8.14. The number of hydrogen-bond donors (Lipinski definition) is 1. The highest BCUT2D eigenvalue weighted by Crippen LogP contribution is 2.15. The standard InChI is InChI=1S/C6H9ClN2OS/c7-2-1-4-10-9-3-5-11-6(9)8/h1-2,8H,3-5H2/b2-1+,8-6?. The van der Waals surface area contributed by atoms with Gasteiger partial charge >= 0.3 is 0 Å². The number of hydroxylamine groups is 2. The summed E-state index contributed by atoms with van der Waals surface area (Å²) < 4.78 is 0. The zero-order valence-electron chi connectivity index (χ0n) is 5.92. The van der Waals surface area contributed by atoms with Gasteiger partial charge in [-0.2, -0.15) is 0 Å². The van der Waals surface area contributed by atoms with Crippen molar-refractivity contribution in [2.45, 2.75) is 0 Å². The predicted molar refractivity (Wildman–Crippen MR) is 47.8 cm³/mol. The monoisotopic (exact) mass is 192 g/mol. The van der Waals surface area contributed by atoms with Gasteiger partial charge < -0.3 is 0 Å². The Balaban J connectivity index is 2.20. The van der Waals surface area contributed by atoms with Crippen molar-refractivity contribution in [1.29, 1.82) is 5.41 Å². The molecule has 0 atom stereocenters. The van der Waals surface area contributed by atoms with Crippen molar-refractivity contribution in [3.8, 4) is 0 Å². The van der Waals surface area contributed by atoms with E-state index in [-0.39, 0.29) is 0 Å². The molecule has 0 aliphatic carbocycles. The number of nitrogens with one attached hydrogen (secondary N) is 1. The van der Waals surface area contributed by atoms with Gasteiger partial charge in [-0.25, -0.2) is 5.06 Å². The lowest BCUT2D eigenvalue weighted by Gasteiger charge is -2.13. The summed E-state index contributed by atoms with van der Waals surface area (Å²) in [5.74, 6) is 0.934. The third-order valence-electron chi connectivity index (χ3n) is 1.18. The average Bonchev–Trinajstić information content (AvgIpc) is 2.37. The van der Waals surface area contributed by atoms with Crippen molar-refractivity contribution in [2.75, 3.05) is 18.9 Å². The normalized spacial score (nSPS) is 18.6. The first-order chi connectivity index (χ1) is 5.34. The van der Waals surface area contributed by atoms with Crippen LogP contribution in [0.4, 0.5) is 0 Å². The molecule has 1 fully saturated rings. The summed E-state index contributed by atoms with van der Waals surface area (Å²) in [5.41, 5.74) is 1.41. The van der Waals surface area contributed by atoms with Crippen LogP contribution in [0.25, 0.3) is 0 Å². The van der Waals surface area contributed by atoms with Crippen LogP contribution < -0.4 is 0 Å². The van der Waals surface area contributed by atoms with E-state index in [1.165, 1.54) is 17.3 Å². The van der Waals surface area contributed by atoms with Gasteiger partial charge in [-0.15, -0.1) is 0 Å². The second-order valence-electron chi connectivity index (χ2n) is 1.91. The first-order valence-corrected chi connectivity index (χ1v) is 4.64. The second kappa shape index (κ2) is 4.64.